The zero-order valence-electron chi connectivity index (χ0n) is 10.0. The molecule has 1 heterocycles. The van der Waals surface area contributed by atoms with Gasteiger partial charge in [-0.05, 0) is 30.8 Å². The summed E-state index contributed by atoms with van der Waals surface area (Å²) in [4.78, 5) is 13.5. The van der Waals surface area contributed by atoms with E-state index in [1.54, 1.807) is 6.07 Å². The maximum Gasteiger partial charge on any atom is 0.336 e. The standard InChI is InChI=1S/C13H14BrNO3/c1-15(4-5-16)8-9-6-13(17)18-12-7-10(14)2-3-11(9)12/h2-3,6-7,16H,4-5,8H2,1H3. The third-order valence-corrected chi connectivity index (χ3v) is 3.21. The van der Waals surface area contributed by atoms with Crippen molar-refractivity contribution in [3.63, 3.8) is 0 Å². The van der Waals surface area contributed by atoms with Gasteiger partial charge in [-0.25, -0.2) is 4.79 Å². The molecule has 1 aromatic heterocycles. The normalized spacial score (nSPS) is 11.3. The summed E-state index contributed by atoms with van der Waals surface area (Å²) < 4.78 is 6.05. The van der Waals surface area contributed by atoms with Crippen LogP contribution in [0.1, 0.15) is 5.56 Å². The topological polar surface area (TPSA) is 53.7 Å². The van der Waals surface area contributed by atoms with Crippen molar-refractivity contribution in [2.24, 2.45) is 0 Å². The minimum atomic E-state index is -0.354. The van der Waals surface area contributed by atoms with Crippen LogP contribution in [0.5, 0.6) is 0 Å². The van der Waals surface area contributed by atoms with E-state index in [4.69, 9.17) is 9.52 Å². The average Bonchev–Trinajstić information content (AvgIpc) is 2.28. The van der Waals surface area contributed by atoms with Crippen LogP contribution in [-0.4, -0.2) is 30.2 Å². The molecule has 2 aromatic rings. The van der Waals surface area contributed by atoms with E-state index in [9.17, 15) is 4.79 Å². The number of hydrogen-bond donors (Lipinski definition) is 1. The lowest BCUT2D eigenvalue weighted by Crippen LogP contribution is -2.22. The Hall–Kier alpha value is -1.17. The Morgan fingerprint density at radius 2 is 2.17 bits per heavy atom. The number of likely N-dealkylation sites (N-methyl/N-ethyl adjacent to an activating group) is 1. The highest BCUT2D eigenvalue weighted by molar-refractivity contribution is 9.10. The molecule has 0 saturated carbocycles. The molecule has 0 saturated heterocycles. The highest BCUT2D eigenvalue weighted by atomic mass is 79.9. The lowest BCUT2D eigenvalue weighted by molar-refractivity contribution is 0.217. The van der Waals surface area contributed by atoms with Crippen molar-refractivity contribution in [2.75, 3.05) is 20.2 Å². The van der Waals surface area contributed by atoms with Crippen LogP contribution in [0.3, 0.4) is 0 Å². The number of aliphatic hydroxyl groups excluding tert-OH is 1. The van der Waals surface area contributed by atoms with Gasteiger partial charge >= 0.3 is 5.63 Å². The van der Waals surface area contributed by atoms with Gasteiger partial charge in [-0.15, -0.1) is 0 Å². The molecule has 1 aromatic carbocycles. The second kappa shape index (κ2) is 5.65. The molecule has 0 aliphatic rings. The predicted molar refractivity (Wildman–Crippen MR) is 73.6 cm³/mol. The summed E-state index contributed by atoms with van der Waals surface area (Å²) in [5.74, 6) is 0. The van der Waals surface area contributed by atoms with E-state index < -0.39 is 0 Å². The van der Waals surface area contributed by atoms with Crippen LogP contribution in [0.2, 0.25) is 0 Å². The second-order valence-corrected chi connectivity index (χ2v) is 5.11. The fraction of sp³-hybridized carbons (Fsp3) is 0.308. The van der Waals surface area contributed by atoms with Crippen molar-refractivity contribution >= 4 is 26.9 Å². The van der Waals surface area contributed by atoms with Crippen molar-refractivity contribution in [2.45, 2.75) is 6.54 Å². The first-order chi connectivity index (χ1) is 8.60. The second-order valence-electron chi connectivity index (χ2n) is 4.19. The molecule has 0 aliphatic carbocycles. The predicted octanol–water partition coefficient (Wildman–Crippen LogP) is 1.98. The SMILES string of the molecule is CN(CCO)Cc1cc(=O)oc2cc(Br)ccc12. The molecule has 18 heavy (non-hydrogen) atoms. The number of hydrogen-bond acceptors (Lipinski definition) is 4. The van der Waals surface area contributed by atoms with Gasteiger partial charge in [-0.2, -0.15) is 0 Å². The maximum atomic E-state index is 11.5. The largest absolute Gasteiger partial charge is 0.423 e. The summed E-state index contributed by atoms with van der Waals surface area (Å²) >= 11 is 3.35. The lowest BCUT2D eigenvalue weighted by Gasteiger charge is -2.15. The molecule has 0 unspecified atom stereocenters. The molecule has 2 rings (SSSR count). The van der Waals surface area contributed by atoms with E-state index in [-0.39, 0.29) is 12.2 Å². The quantitative estimate of drug-likeness (QED) is 0.877. The Kier molecular flexibility index (Phi) is 4.16. The molecular formula is C13H14BrNO3. The Morgan fingerprint density at radius 3 is 2.89 bits per heavy atom. The minimum Gasteiger partial charge on any atom is -0.423 e. The lowest BCUT2D eigenvalue weighted by atomic mass is 10.1. The van der Waals surface area contributed by atoms with Crippen molar-refractivity contribution in [3.8, 4) is 0 Å². The Balaban J connectivity index is 2.46. The molecule has 5 heteroatoms. The number of rotatable bonds is 4. The van der Waals surface area contributed by atoms with Crippen LogP contribution in [0.4, 0.5) is 0 Å². The number of aliphatic hydroxyl groups is 1. The monoisotopic (exact) mass is 311 g/mol. The third kappa shape index (κ3) is 2.98. The summed E-state index contributed by atoms with van der Waals surface area (Å²) in [7, 11) is 1.90. The van der Waals surface area contributed by atoms with Crippen LogP contribution in [0.15, 0.2) is 37.9 Å². The van der Waals surface area contributed by atoms with E-state index in [1.807, 2.05) is 24.1 Å². The molecule has 0 bridgehead atoms. The third-order valence-electron chi connectivity index (χ3n) is 2.71. The fourth-order valence-corrected chi connectivity index (χ4v) is 2.22. The van der Waals surface area contributed by atoms with E-state index in [0.29, 0.717) is 18.7 Å². The Labute approximate surface area is 113 Å². The number of halogens is 1. The van der Waals surface area contributed by atoms with Crippen LogP contribution in [0.25, 0.3) is 11.0 Å². The van der Waals surface area contributed by atoms with Crippen molar-refractivity contribution in [3.05, 3.63) is 44.7 Å². The van der Waals surface area contributed by atoms with E-state index in [0.717, 1.165) is 15.4 Å². The molecule has 0 aliphatic heterocycles. The van der Waals surface area contributed by atoms with Crippen molar-refractivity contribution in [1.29, 1.82) is 0 Å². The number of benzene rings is 1. The first-order valence-corrected chi connectivity index (χ1v) is 6.41. The van der Waals surface area contributed by atoms with Crippen LogP contribution in [-0.2, 0) is 6.54 Å². The van der Waals surface area contributed by atoms with Gasteiger partial charge in [0.1, 0.15) is 5.58 Å². The molecule has 0 fully saturated rings. The first kappa shape index (κ1) is 13.3. The van der Waals surface area contributed by atoms with E-state index in [1.165, 1.54) is 6.07 Å². The Morgan fingerprint density at radius 1 is 1.39 bits per heavy atom. The number of nitrogens with zero attached hydrogens (tertiary/aromatic N) is 1. The summed E-state index contributed by atoms with van der Waals surface area (Å²) in [6, 6.07) is 7.12. The zero-order chi connectivity index (χ0) is 13.1. The summed E-state index contributed by atoms with van der Waals surface area (Å²) in [5.41, 5.74) is 1.13. The van der Waals surface area contributed by atoms with Crippen LogP contribution >= 0.6 is 15.9 Å². The van der Waals surface area contributed by atoms with Gasteiger partial charge < -0.3 is 9.52 Å². The zero-order valence-corrected chi connectivity index (χ0v) is 11.6. The Bertz CT molecular complexity index is 609. The van der Waals surface area contributed by atoms with Gasteiger partial charge in [-0.3, -0.25) is 4.90 Å². The van der Waals surface area contributed by atoms with Gasteiger partial charge in [0.05, 0.1) is 6.61 Å². The summed E-state index contributed by atoms with van der Waals surface area (Å²) in [5, 5.41) is 9.81. The fourth-order valence-electron chi connectivity index (χ4n) is 1.88. The highest BCUT2D eigenvalue weighted by Gasteiger charge is 2.08. The van der Waals surface area contributed by atoms with Gasteiger partial charge in [0.2, 0.25) is 0 Å². The van der Waals surface area contributed by atoms with E-state index in [2.05, 4.69) is 15.9 Å². The van der Waals surface area contributed by atoms with E-state index >= 15 is 0 Å². The van der Waals surface area contributed by atoms with Crippen LogP contribution < -0.4 is 5.63 Å². The molecule has 96 valence electrons. The smallest absolute Gasteiger partial charge is 0.336 e. The summed E-state index contributed by atoms with van der Waals surface area (Å²) in [6.07, 6.45) is 0. The van der Waals surface area contributed by atoms with Gasteiger partial charge in [0.15, 0.2) is 0 Å². The molecule has 0 spiro atoms. The number of fused-ring (bicyclic) bond motifs is 1. The summed E-state index contributed by atoms with van der Waals surface area (Å²) in [6.45, 7) is 1.27. The molecule has 0 atom stereocenters. The molecule has 0 radical (unpaired) electrons. The molecule has 4 nitrogen and oxygen atoms in total. The highest BCUT2D eigenvalue weighted by Crippen LogP contribution is 2.22. The van der Waals surface area contributed by atoms with Gasteiger partial charge in [-0.1, -0.05) is 15.9 Å². The van der Waals surface area contributed by atoms with Gasteiger partial charge in [0, 0.05) is 29.0 Å². The average molecular weight is 312 g/mol. The minimum absolute atomic E-state index is 0.0986. The molecular weight excluding hydrogens is 298 g/mol. The van der Waals surface area contributed by atoms with Gasteiger partial charge in [0.25, 0.3) is 0 Å². The van der Waals surface area contributed by atoms with Crippen LogP contribution in [0, 0.1) is 0 Å². The first-order valence-electron chi connectivity index (χ1n) is 5.62. The maximum absolute atomic E-state index is 11.5. The molecule has 0 amide bonds. The molecule has 1 N–H and O–H groups in total. The van der Waals surface area contributed by atoms with Crippen molar-refractivity contribution < 1.29 is 9.52 Å². The van der Waals surface area contributed by atoms with Crippen molar-refractivity contribution in [1.82, 2.24) is 4.90 Å².